The van der Waals surface area contributed by atoms with E-state index in [1.54, 1.807) is 0 Å². The van der Waals surface area contributed by atoms with E-state index in [-0.39, 0.29) is 0 Å². The maximum Gasteiger partial charge on any atom is 0.160 e. The van der Waals surface area contributed by atoms with Crippen molar-refractivity contribution < 1.29 is 8.83 Å². The monoisotopic (exact) mass is 514 g/mol. The van der Waals surface area contributed by atoms with E-state index >= 15 is 0 Å². The number of benzene rings is 5. The quantitative estimate of drug-likeness (QED) is 0.234. The predicted molar refractivity (Wildman–Crippen MR) is 161 cm³/mol. The second-order valence-electron chi connectivity index (χ2n) is 9.87. The number of nitrogens with zero attached hydrogens (tertiary/aromatic N) is 2. The molecule has 0 unspecified atom stereocenters. The average Bonchev–Trinajstić information content (AvgIpc) is 3.63. The third-order valence-electron chi connectivity index (χ3n) is 7.31. The summed E-state index contributed by atoms with van der Waals surface area (Å²) in [5, 5.41) is 3.21. The summed E-state index contributed by atoms with van der Waals surface area (Å²) in [7, 11) is 0. The molecule has 4 nitrogen and oxygen atoms in total. The van der Waals surface area contributed by atoms with Crippen LogP contribution in [-0.2, 0) is 0 Å². The van der Waals surface area contributed by atoms with E-state index in [1.165, 1.54) is 0 Å². The molecule has 0 atom stereocenters. The molecule has 0 amide bonds. The number of hydrogen-bond acceptors (Lipinski definition) is 4. The van der Waals surface area contributed by atoms with E-state index in [0.717, 1.165) is 66.5 Å². The SMILES string of the molecule is c1ccc(-c2cccc(-c3cc(-c4cc5ccccc5o4)nc(-c4ccc5c(c4)oc4ccccc45)n3)c2)cc1. The van der Waals surface area contributed by atoms with Crippen LogP contribution in [0.1, 0.15) is 0 Å². The second kappa shape index (κ2) is 9.07. The van der Waals surface area contributed by atoms with Gasteiger partial charge in [-0.1, -0.05) is 91.0 Å². The minimum atomic E-state index is 0.612. The highest BCUT2D eigenvalue weighted by Gasteiger charge is 2.16. The molecule has 0 radical (unpaired) electrons. The zero-order valence-electron chi connectivity index (χ0n) is 21.4. The van der Waals surface area contributed by atoms with Crippen molar-refractivity contribution in [3.63, 3.8) is 0 Å². The van der Waals surface area contributed by atoms with Gasteiger partial charge in [0.05, 0.1) is 5.69 Å². The normalized spacial score (nSPS) is 11.5. The first-order valence-corrected chi connectivity index (χ1v) is 13.2. The van der Waals surface area contributed by atoms with E-state index in [2.05, 4.69) is 66.7 Å². The molecule has 8 rings (SSSR count). The van der Waals surface area contributed by atoms with E-state index in [9.17, 15) is 0 Å². The lowest BCUT2D eigenvalue weighted by atomic mass is 10.0. The summed E-state index contributed by atoms with van der Waals surface area (Å²) in [5.74, 6) is 1.32. The number of furan rings is 2. The van der Waals surface area contributed by atoms with Crippen molar-refractivity contribution in [1.82, 2.24) is 9.97 Å². The van der Waals surface area contributed by atoms with Gasteiger partial charge in [0.25, 0.3) is 0 Å². The van der Waals surface area contributed by atoms with Gasteiger partial charge in [-0.3, -0.25) is 0 Å². The summed E-state index contributed by atoms with van der Waals surface area (Å²) in [5.41, 5.74) is 8.23. The highest BCUT2D eigenvalue weighted by Crippen LogP contribution is 2.35. The number of hydrogen-bond donors (Lipinski definition) is 0. The Kier molecular flexibility index (Phi) is 5.10. The molecule has 8 aromatic rings. The highest BCUT2D eigenvalue weighted by atomic mass is 16.3. The van der Waals surface area contributed by atoms with Crippen LogP contribution in [0, 0.1) is 0 Å². The van der Waals surface area contributed by atoms with E-state index in [4.69, 9.17) is 18.8 Å². The zero-order chi connectivity index (χ0) is 26.5. The van der Waals surface area contributed by atoms with Crippen LogP contribution in [0.25, 0.3) is 78.1 Å². The van der Waals surface area contributed by atoms with Gasteiger partial charge in [-0.25, -0.2) is 9.97 Å². The number of rotatable bonds is 4. The van der Waals surface area contributed by atoms with Crippen molar-refractivity contribution >= 4 is 32.9 Å². The molecule has 3 aromatic heterocycles. The van der Waals surface area contributed by atoms with Gasteiger partial charge < -0.3 is 8.83 Å². The third-order valence-corrected chi connectivity index (χ3v) is 7.31. The van der Waals surface area contributed by atoms with Gasteiger partial charge in [0, 0.05) is 27.3 Å². The van der Waals surface area contributed by atoms with Crippen molar-refractivity contribution in [1.29, 1.82) is 0 Å². The molecule has 5 aromatic carbocycles. The first kappa shape index (κ1) is 22.5. The molecule has 188 valence electrons. The fraction of sp³-hybridized carbons (Fsp3) is 0. The molecule has 3 heterocycles. The molecule has 40 heavy (non-hydrogen) atoms. The van der Waals surface area contributed by atoms with Gasteiger partial charge in [0.2, 0.25) is 0 Å². The van der Waals surface area contributed by atoms with Crippen LogP contribution >= 0.6 is 0 Å². The molecular formula is C36H22N2O2. The van der Waals surface area contributed by atoms with E-state index in [1.807, 2.05) is 66.7 Å². The van der Waals surface area contributed by atoms with Crippen LogP contribution in [0.15, 0.2) is 142 Å². The molecular weight excluding hydrogens is 492 g/mol. The lowest BCUT2D eigenvalue weighted by Crippen LogP contribution is -1.95. The topological polar surface area (TPSA) is 52.1 Å². The molecule has 0 N–H and O–H groups in total. The largest absolute Gasteiger partial charge is 0.456 e. The van der Waals surface area contributed by atoms with Crippen molar-refractivity contribution in [2.45, 2.75) is 0 Å². The zero-order valence-corrected chi connectivity index (χ0v) is 21.4. The number of aromatic nitrogens is 2. The molecule has 4 heteroatoms. The molecule has 0 spiro atoms. The van der Waals surface area contributed by atoms with Crippen LogP contribution in [-0.4, -0.2) is 9.97 Å². The fourth-order valence-electron chi connectivity index (χ4n) is 5.31. The Morgan fingerprint density at radius 3 is 2.02 bits per heavy atom. The summed E-state index contributed by atoms with van der Waals surface area (Å²) in [6.45, 7) is 0. The Labute approximate surface area is 230 Å². The van der Waals surface area contributed by atoms with Gasteiger partial charge >= 0.3 is 0 Å². The first-order valence-electron chi connectivity index (χ1n) is 13.2. The molecule has 0 bridgehead atoms. The van der Waals surface area contributed by atoms with E-state index < -0.39 is 0 Å². The number of fused-ring (bicyclic) bond motifs is 4. The highest BCUT2D eigenvalue weighted by molar-refractivity contribution is 6.05. The van der Waals surface area contributed by atoms with Crippen LogP contribution in [0.3, 0.4) is 0 Å². The summed E-state index contributed by atoms with van der Waals surface area (Å²) < 4.78 is 12.4. The Hall–Kier alpha value is -5.48. The van der Waals surface area contributed by atoms with Crippen molar-refractivity contribution in [2.75, 3.05) is 0 Å². The molecule has 0 aliphatic rings. The molecule has 0 saturated heterocycles. The van der Waals surface area contributed by atoms with Gasteiger partial charge in [0.15, 0.2) is 11.6 Å². The van der Waals surface area contributed by atoms with Crippen molar-refractivity contribution in [2.24, 2.45) is 0 Å². The minimum absolute atomic E-state index is 0.612. The fourth-order valence-corrected chi connectivity index (χ4v) is 5.31. The standard InChI is InChI=1S/C36H22N2O2/c1-2-9-23(10-3-1)24-12-8-13-25(19-24)30-22-31(35-20-26-11-4-6-15-32(26)39-35)38-36(37-30)27-17-18-29-28-14-5-7-16-33(28)40-34(29)21-27/h1-22H. The van der Waals surface area contributed by atoms with Gasteiger partial charge in [-0.15, -0.1) is 0 Å². The minimum Gasteiger partial charge on any atom is -0.456 e. The molecule has 0 fully saturated rings. The third kappa shape index (κ3) is 3.86. The average molecular weight is 515 g/mol. The summed E-state index contributed by atoms with van der Waals surface area (Å²) >= 11 is 0. The van der Waals surface area contributed by atoms with Crippen LogP contribution < -0.4 is 0 Å². The first-order chi connectivity index (χ1) is 19.8. The van der Waals surface area contributed by atoms with Gasteiger partial charge in [0.1, 0.15) is 22.4 Å². The van der Waals surface area contributed by atoms with Gasteiger partial charge in [-0.05, 0) is 53.6 Å². The molecule has 0 aliphatic carbocycles. The summed E-state index contributed by atoms with van der Waals surface area (Å²) in [6, 6.07) is 45.1. The number of para-hydroxylation sites is 2. The lowest BCUT2D eigenvalue weighted by Gasteiger charge is -2.09. The van der Waals surface area contributed by atoms with Crippen molar-refractivity contribution in [3.8, 4) is 45.2 Å². The Balaban J connectivity index is 1.32. The van der Waals surface area contributed by atoms with Gasteiger partial charge in [-0.2, -0.15) is 0 Å². The van der Waals surface area contributed by atoms with Crippen LogP contribution in [0.4, 0.5) is 0 Å². The Bertz CT molecular complexity index is 2140. The Morgan fingerprint density at radius 1 is 0.400 bits per heavy atom. The maximum absolute atomic E-state index is 6.23. The maximum atomic E-state index is 6.23. The van der Waals surface area contributed by atoms with Crippen molar-refractivity contribution in [3.05, 3.63) is 133 Å². The lowest BCUT2D eigenvalue weighted by molar-refractivity contribution is 0.628. The Morgan fingerprint density at radius 2 is 1.12 bits per heavy atom. The van der Waals surface area contributed by atoms with E-state index in [0.29, 0.717) is 11.6 Å². The summed E-state index contributed by atoms with van der Waals surface area (Å²) in [6.07, 6.45) is 0. The smallest absolute Gasteiger partial charge is 0.160 e. The predicted octanol–water partition coefficient (Wildman–Crippen LogP) is 9.79. The molecule has 0 aliphatic heterocycles. The second-order valence-corrected chi connectivity index (χ2v) is 9.87. The van der Waals surface area contributed by atoms with Crippen LogP contribution in [0.5, 0.6) is 0 Å². The molecule has 0 saturated carbocycles. The van der Waals surface area contributed by atoms with Crippen LogP contribution in [0.2, 0.25) is 0 Å². The summed E-state index contributed by atoms with van der Waals surface area (Å²) in [4.78, 5) is 10.0.